The van der Waals surface area contributed by atoms with E-state index in [9.17, 15) is 4.79 Å². The SMILES string of the molecule is Cc1ccc([C@@H]2C3CCC(C3)[C@H]2C(=O)N=C(N)N)cc1. The van der Waals surface area contributed by atoms with Crippen LogP contribution in [0.3, 0.4) is 0 Å². The van der Waals surface area contributed by atoms with Gasteiger partial charge in [-0.1, -0.05) is 29.8 Å². The first kappa shape index (κ1) is 13.2. The van der Waals surface area contributed by atoms with E-state index in [0.29, 0.717) is 11.8 Å². The molecule has 2 bridgehead atoms. The van der Waals surface area contributed by atoms with Crippen molar-refractivity contribution in [1.82, 2.24) is 0 Å². The molecule has 4 nitrogen and oxygen atoms in total. The van der Waals surface area contributed by atoms with Crippen molar-refractivity contribution in [2.45, 2.75) is 32.1 Å². The highest BCUT2D eigenvalue weighted by molar-refractivity contribution is 5.93. The number of amides is 1. The molecule has 4 N–H and O–H groups in total. The lowest BCUT2D eigenvalue weighted by molar-refractivity contribution is -0.123. The number of carbonyl (C=O) groups excluding carboxylic acids is 1. The van der Waals surface area contributed by atoms with Gasteiger partial charge in [-0.3, -0.25) is 4.79 Å². The van der Waals surface area contributed by atoms with Crippen LogP contribution in [0.5, 0.6) is 0 Å². The molecule has 2 aliphatic carbocycles. The maximum atomic E-state index is 12.3. The van der Waals surface area contributed by atoms with Crippen LogP contribution in [0.1, 0.15) is 36.3 Å². The number of guanidine groups is 1. The topological polar surface area (TPSA) is 81.5 Å². The fraction of sp³-hybridized carbons (Fsp3) is 0.500. The summed E-state index contributed by atoms with van der Waals surface area (Å²) in [7, 11) is 0. The average Bonchev–Trinajstić information content (AvgIpc) is 2.99. The molecule has 1 aromatic rings. The lowest BCUT2D eigenvalue weighted by Crippen LogP contribution is -2.31. The van der Waals surface area contributed by atoms with Gasteiger partial charge in [-0.2, -0.15) is 4.99 Å². The number of rotatable bonds is 2. The number of nitrogens with two attached hydrogens (primary N) is 2. The number of benzene rings is 1. The largest absolute Gasteiger partial charge is 0.370 e. The number of hydrogen-bond acceptors (Lipinski definition) is 1. The Morgan fingerprint density at radius 2 is 1.80 bits per heavy atom. The highest BCUT2D eigenvalue weighted by Gasteiger charge is 2.51. The monoisotopic (exact) mass is 271 g/mol. The van der Waals surface area contributed by atoms with Crippen LogP contribution >= 0.6 is 0 Å². The highest BCUT2D eigenvalue weighted by Crippen LogP contribution is 2.57. The lowest BCUT2D eigenvalue weighted by Gasteiger charge is -2.29. The second-order valence-electron chi connectivity index (χ2n) is 6.17. The molecule has 0 aliphatic heterocycles. The van der Waals surface area contributed by atoms with Gasteiger partial charge >= 0.3 is 0 Å². The minimum atomic E-state index is -0.136. The van der Waals surface area contributed by atoms with Gasteiger partial charge in [0.1, 0.15) is 0 Å². The van der Waals surface area contributed by atoms with Crippen LogP contribution in [-0.4, -0.2) is 11.9 Å². The second-order valence-corrected chi connectivity index (χ2v) is 6.17. The Kier molecular flexibility index (Phi) is 3.24. The first-order valence-electron chi connectivity index (χ1n) is 7.26. The number of aliphatic imine (C=N–C) groups is 1. The minimum absolute atomic E-state index is 0.0430. The van der Waals surface area contributed by atoms with E-state index in [-0.39, 0.29) is 23.7 Å². The fourth-order valence-corrected chi connectivity index (χ4v) is 4.12. The molecular formula is C16H21N3O. The van der Waals surface area contributed by atoms with Gasteiger partial charge < -0.3 is 11.5 Å². The Morgan fingerprint density at radius 3 is 2.45 bits per heavy atom. The Balaban J connectivity index is 1.93. The van der Waals surface area contributed by atoms with E-state index >= 15 is 0 Å². The van der Waals surface area contributed by atoms with Gasteiger partial charge in [-0.15, -0.1) is 0 Å². The van der Waals surface area contributed by atoms with Crippen molar-refractivity contribution in [2.75, 3.05) is 0 Å². The maximum absolute atomic E-state index is 12.3. The summed E-state index contributed by atoms with van der Waals surface area (Å²) >= 11 is 0. The summed E-state index contributed by atoms with van der Waals surface area (Å²) in [4.78, 5) is 16.2. The Bertz CT molecular complexity index is 545. The van der Waals surface area contributed by atoms with Gasteiger partial charge in [0.15, 0.2) is 5.96 Å². The quantitative estimate of drug-likeness (QED) is 0.637. The molecule has 106 valence electrons. The zero-order valence-electron chi connectivity index (χ0n) is 11.8. The van der Waals surface area contributed by atoms with Gasteiger partial charge in [0, 0.05) is 0 Å². The molecule has 0 heterocycles. The van der Waals surface area contributed by atoms with E-state index in [1.807, 2.05) is 0 Å². The summed E-state index contributed by atoms with van der Waals surface area (Å²) < 4.78 is 0. The lowest BCUT2D eigenvalue weighted by atomic mass is 9.75. The van der Waals surface area contributed by atoms with Gasteiger partial charge in [0.25, 0.3) is 5.91 Å². The van der Waals surface area contributed by atoms with E-state index in [0.717, 1.165) is 12.8 Å². The van der Waals surface area contributed by atoms with Gasteiger partial charge in [0.05, 0.1) is 5.92 Å². The number of hydrogen-bond donors (Lipinski definition) is 2. The van der Waals surface area contributed by atoms with Crippen molar-refractivity contribution in [3.8, 4) is 0 Å². The summed E-state index contributed by atoms with van der Waals surface area (Å²) in [5, 5.41) is 0. The van der Waals surface area contributed by atoms with Crippen LogP contribution < -0.4 is 11.5 Å². The van der Waals surface area contributed by atoms with Crippen LogP contribution in [0.4, 0.5) is 0 Å². The Labute approximate surface area is 119 Å². The third kappa shape index (κ3) is 2.19. The molecule has 0 aromatic heterocycles. The molecule has 2 unspecified atom stereocenters. The molecule has 2 fully saturated rings. The third-order valence-corrected chi connectivity index (χ3v) is 4.90. The normalized spacial score (nSPS) is 31.2. The molecule has 1 amide bonds. The molecule has 1 aromatic carbocycles. The summed E-state index contributed by atoms with van der Waals surface area (Å²) in [6.45, 7) is 2.08. The minimum Gasteiger partial charge on any atom is -0.370 e. The standard InChI is InChI=1S/C16H21N3O/c1-9-2-4-10(5-3-9)13-11-6-7-12(8-11)14(13)15(20)19-16(17)18/h2-5,11-14H,6-8H2,1H3,(H4,17,18,19,20)/t11?,12?,13-,14-/m1/s1. The van der Waals surface area contributed by atoms with Gasteiger partial charge in [-0.05, 0) is 49.5 Å². The van der Waals surface area contributed by atoms with Crippen molar-refractivity contribution in [2.24, 2.45) is 34.2 Å². The fourth-order valence-electron chi connectivity index (χ4n) is 4.12. The number of aryl methyl sites for hydroxylation is 1. The first-order chi connectivity index (χ1) is 9.56. The molecule has 2 aliphatic rings. The summed E-state index contributed by atoms with van der Waals surface area (Å²) in [5.41, 5.74) is 13.2. The molecule has 4 heteroatoms. The van der Waals surface area contributed by atoms with Gasteiger partial charge in [0.2, 0.25) is 0 Å². The highest BCUT2D eigenvalue weighted by atomic mass is 16.1. The van der Waals surface area contributed by atoms with Crippen LogP contribution in [-0.2, 0) is 4.79 Å². The summed E-state index contributed by atoms with van der Waals surface area (Å²) in [6.07, 6.45) is 3.48. The Morgan fingerprint density at radius 1 is 1.15 bits per heavy atom. The molecular weight excluding hydrogens is 250 g/mol. The maximum Gasteiger partial charge on any atom is 0.252 e. The zero-order chi connectivity index (χ0) is 14.3. The average molecular weight is 271 g/mol. The number of fused-ring (bicyclic) bond motifs is 2. The van der Waals surface area contributed by atoms with Crippen molar-refractivity contribution in [3.05, 3.63) is 35.4 Å². The first-order valence-corrected chi connectivity index (χ1v) is 7.26. The second kappa shape index (κ2) is 4.93. The third-order valence-electron chi connectivity index (χ3n) is 4.90. The molecule has 0 spiro atoms. The number of carbonyl (C=O) groups is 1. The predicted octanol–water partition coefficient (Wildman–Crippen LogP) is 1.92. The van der Waals surface area contributed by atoms with E-state index in [1.165, 1.54) is 17.5 Å². The van der Waals surface area contributed by atoms with E-state index < -0.39 is 0 Å². The van der Waals surface area contributed by atoms with Crippen molar-refractivity contribution >= 4 is 11.9 Å². The summed E-state index contributed by atoms with van der Waals surface area (Å²) in [6, 6.07) is 8.53. The molecule has 0 radical (unpaired) electrons. The van der Waals surface area contributed by atoms with Crippen LogP contribution in [0.2, 0.25) is 0 Å². The molecule has 3 rings (SSSR count). The van der Waals surface area contributed by atoms with Crippen molar-refractivity contribution in [3.63, 3.8) is 0 Å². The van der Waals surface area contributed by atoms with Gasteiger partial charge in [-0.25, -0.2) is 0 Å². The smallest absolute Gasteiger partial charge is 0.252 e. The van der Waals surface area contributed by atoms with Crippen LogP contribution in [0.25, 0.3) is 0 Å². The molecule has 2 saturated carbocycles. The molecule has 0 saturated heterocycles. The van der Waals surface area contributed by atoms with E-state index in [2.05, 4.69) is 36.2 Å². The van der Waals surface area contributed by atoms with Crippen LogP contribution in [0.15, 0.2) is 29.3 Å². The molecule has 20 heavy (non-hydrogen) atoms. The number of nitrogens with zero attached hydrogens (tertiary/aromatic N) is 1. The van der Waals surface area contributed by atoms with Crippen molar-refractivity contribution < 1.29 is 4.79 Å². The Hall–Kier alpha value is -1.84. The zero-order valence-corrected chi connectivity index (χ0v) is 11.8. The predicted molar refractivity (Wildman–Crippen MR) is 79.1 cm³/mol. The van der Waals surface area contributed by atoms with Crippen LogP contribution in [0, 0.1) is 24.7 Å². The van der Waals surface area contributed by atoms with Crippen molar-refractivity contribution in [1.29, 1.82) is 0 Å². The molecule has 4 atom stereocenters. The van der Waals surface area contributed by atoms with E-state index in [4.69, 9.17) is 11.5 Å². The van der Waals surface area contributed by atoms with E-state index in [1.54, 1.807) is 0 Å². The summed E-state index contributed by atoms with van der Waals surface area (Å²) in [5.74, 6) is 1.03.